The number of hydrogen-bond acceptors (Lipinski definition) is 4. The quantitative estimate of drug-likeness (QED) is 0.756. The maximum atomic E-state index is 11.9. The molecule has 1 heterocycles. The van der Waals surface area contributed by atoms with Gasteiger partial charge in [0, 0.05) is 5.75 Å². The third kappa shape index (κ3) is 3.25. The molecule has 0 radical (unpaired) electrons. The van der Waals surface area contributed by atoms with Crippen molar-refractivity contribution in [1.82, 2.24) is 10.6 Å². The minimum absolute atomic E-state index is 0.272. The van der Waals surface area contributed by atoms with E-state index < -0.39 is 24.0 Å². The Kier molecular flexibility index (Phi) is 4.06. The number of thioether (sulfide) groups is 1. The second-order valence-electron chi connectivity index (χ2n) is 3.99. The lowest BCUT2D eigenvalue weighted by Gasteiger charge is -2.17. The summed E-state index contributed by atoms with van der Waals surface area (Å²) in [6, 6.07) is 6.62. The summed E-state index contributed by atoms with van der Waals surface area (Å²) in [7, 11) is 0. The molecule has 0 aromatic heterocycles. The molecule has 100 valence electrons. The Morgan fingerprint density at radius 1 is 1.37 bits per heavy atom. The van der Waals surface area contributed by atoms with Crippen LogP contribution in [0.2, 0.25) is 0 Å². The normalized spacial score (nSPS) is 19.6. The van der Waals surface area contributed by atoms with E-state index >= 15 is 0 Å². The molecule has 2 amide bonds. The molecular weight excluding hydrogens is 268 g/mol. The highest BCUT2D eigenvalue weighted by atomic mass is 32.2. The summed E-state index contributed by atoms with van der Waals surface area (Å²) in [4.78, 5) is 34.1. The first-order valence-corrected chi connectivity index (χ1v) is 6.58. The van der Waals surface area contributed by atoms with Crippen LogP contribution in [-0.4, -0.2) is 34.0 Å². The van der Waals surface area contributed by atoms with E-state index in [-0.39, 0.29) is 5.24 Å². The molecule has 0 bridgehead atoms. The van der Waals surface area contributed by atoms with Gasteiger partial charge in [-0.15, -0.1) is 0 Å². The summed E-state index contributed by atoms with van der Waals surface area (Å²) in [6.07, 6.45) is 0. The van der Waals surface area contributed by atoms with Crippen molar-refractivity contribution in [2.24, 2.45) is 0 Å². The van der Waals surface area contributed by atoms with Gasteiger partial charge in [-0.1, -0.05) is 42.1 Å². The van der Waals surface area contributed by atoms with Crippen molar-refractivity contribution in [2.45, 2.75) is 12.1 Å². The SMILES string of the molecule is O=C1NC(C(=O)NC(C(=O)O)c2ccccc2)CS1. The fourth-order valence-electron chi connectivity index (χ4n) is 1.70. The third-order valence-corrected chi connectivity index (χ3v) is 3.54. The minimum Gasteiger partial charge on any atom is -0.479 e. The first-order valence-electron chi connectivity index (χ1n) is 5.59. The van der Waals surface area contributed by atoms with Gasteiger partial charge in [0.2, 0.25) is 5.91 Å². The summed E-state index contributed by atoms with van der Waals surface area (Å²) in [6.45, 7) is 0. The van der Waals surface area contributed by atoms with Gasteiger partial charge in [0.25, 0.3) is 5.24 Å². The van der Waals surface area contributed by atoms with Crippen LogP contribution in [0.1, 0.15) is 11.6 Å². The van der Waals surface area contributed by atoms with Crippen molar-refractivity contribution < 1.29 is 19.5 Å². The van der Waals surface area contributed by atoms with Crippen LogP contribution < -0.4 is 10.6 Å². The van der Waals surface area contributed by atoms with Gasteiger partial charge < -0.3 is 15.7 Å². The van der Waals surface area contributed by atoms with Crippen molar-refractivity contribution in [2.75, 3.05) is 5.75 Å². The van der Waals surface area contributed by atoms with Crippen molar-refractivity contribution in [3.63, 3.8) is 0 Å². The van der Waals surface area contributed by atoms with Gasteiger partial charge in [-0.2, -0.15) is 0 Å². The lowest BCUT2D eigenvalue weighted by atomic mass is 10.1. The van der Waals surface area contributed by atoms with Gasteiger partial charge in [-0.05, 0) is 5.56 Å². The van der Waals surface area contributed by atoms with Gasteiger partial charge in [0.15, 0.2) is 6.04 Å². The fourth-order valence-corrected chi connectivity index (χ4v) is 2.48. The van der Waals surface area contributed by atoms with Crippen molar-refractivity contribution in [3.05, 3.63) is 35.9 Å². The van der Waals surface area contributed by atoms with Crippen LogP contribution in [0.15, 0.2) is 30.3 Å². The Bertz CT molecular complexity index is 506. The van der Waals surface area contributed by atoms with Gasteiger partial charge in [-0.3, -0.25) is 9.59 Å². The van der Waals surface area contributed by atoms with Gasteiger partial charge >= 0.3 is 5.97 Å². The lowest BCUT2D eigenvalue weighted by molar-refractivity contribution is -0.142. The van der Waals surface area contributed by atoms with Crippen LogP contribution in [0.5, 0.6) is 0 Å². The summed E-state index contributed by atoms with van der Waals surface area (Å²) < 4.78 is 0. The van der Waals surface area contributed by atoms with E-state index in [2.05, 4.69) is 10.6 Å². The Morgan fingerprint density at radius 3 is 2.58 bits per heavy atom. The zero-order valence-electron chi connectivity index (χ0n) is 9.83. The zero-order valence-corrected chi connectivity index (χ0v) is 10.6. The van der Waals surface area contributed by atoms with Crippen LogP contribution in [0, 0.1) is 0 Å². The standard InChI is InChI=1S/C12H12N2O4S/c15-10(8-6-19-12(18)13-8)14-9(11(16)17)7-4-2-1-3-5-7/h1-5,8-9H,6H2,(H,13,18)(H,14,15)(H,16,17). The van der Waals surface area contributed by atoms with E-state index in [0.717, 1.165) is 11.8 Å². The summed E-state index contributed by atoms with van der Waals surface area (Å²) in [5.74, 6) is -1.32. The average molecular weight is 280 g/mol. The monoisotopic (exact) mass is 280 g/mol. The van der Waals surface area contributed by atoms with Gasteiger partial charge in [-0.25, -0.2) is 4.79 Å². The van der Waals surface area contributed by atoms with E-state index in [4.69, 9.17) is 5.11 Å². The highest BCUT2D eigenvalue weighted by Gasteiger charge is 2.31. The van der Waals surface area contributed by atoms with Crippen LogP contribution >= 0.6 is 11.8 Å². The second kappa shape index (κ2) is 5.75. The Morgan fingerprint density at radius 2 is 2.05 bits per heavy atom. The minimum atomic E-state index is -1.14. The summed E-state index contributed by atoms with van der Waals surface area (Å²) >= 11 is 1.01. The fraction of sp³-hybridized carbons (Fsp3) is 0.250. The lowest BCUT2D eigenvalue weighted by Crippen LogP contribution is -2.45. The molecule has 1 fully saturated rings. The smallest absolute Gasteiger partial charge is 0.330 e. The van der Waals surface area contributed by atoms with Crippen LogP contribution in [0.4, 0.5) is 4.79 Å². The molecule has 2 unspecified atom stereocenters. The van der Waals surface area contributed by atoms with E-state index in [0.29, 0.717) is 11.3 Å². The Hall–Kier alpha value is -2.02. The van der Waals surface area contributed by atoms with Crippen LogP contribution in [-0.2, 0) is 9.59 Å². The molecule has 19 heavy (non-hydrogen) atoms. The number of carbonyl (C=O) groups is 3. The molecule has 1 aromatic rings. The molecule has 1 aromatic carbocycles. The average Bonchev–Trinajstić information content (AvgIpc) is 2.83. The molecule has 6 nitrogen and oxygen atoms in total. The van der Waals surface area contributed by atoms with Crippen molar-refractivity contribution in [3.8, 4) is 0 Å². The maximum absolute atomic E-state index is 11.9. The number of hydrogen-bond donors (Lipinski definition) is 3. The predicted molar refractivity (Wildman–Crippen MR) is 69.7 cm³/mol. The molecule has 2 atom stereocenters. The van der Waals surface area contributed by atoms with E-state index in [1.54, 1.807) is 30.3 Å². The summed E-state index contributed by atoms with van der Waals surface area (Å²) in [5, 5.41) is 13.8. The van der Waals surface area contributed by atoms with Crippen LogP contribution in [0.3, 0.4) is 0 Å². The molecule has 7 heteroatoms. The van der Waals surface area contributed by atoms with E-state index in [1.165, 1.54) is 0 Å². The number of carboxylic acids is 1. The third-order valence-electron chi connectivity index (χ3n) is 2.66. The van der Waals surface area contributed by atoms with Gasteiger partial charge in [0.05, 0.1) is 0 Å². The number of amides is 2. The Balaban J connectivity index is 2.07. The highest BCUT2D eigenvalue weighted by Crippen LogP contribution is 2.16. The topological polar surface area (TPSA) is 95.5 Å². The highest BCUT2D eigenvalue weighted by molar-refractivity contribution is 8.14. The molecular formula is C12H12N2O4S. The molecule has 3 N–H and O–H groups in total. The zero-order chi connectivity index (χ0) is 13.8. The largest absolute Gasteiger partial charge is 0.479 e. The number of rotatable bonds is 4. The Labute approximate surface area is 113 Å². The van der Waals surface area contributed by atoms with Crippen LogP contribution in [0.25, 0.3) is 0 Å². The van der Waals surface area contributed by atoms with Crippen molar-refractivity contribution >= 4 is 28.9 Å². The molecule has 1 aliphatic rings. The van der Waals surface area contributed by atoms with E-state index in [1.807, 2.05) is 0 Å². The first kappa shape index (κ1) is 13.4. The predicted octanol–water partition coefficient (Wildman–Crippen LogP) is 0.754. The number of carbonyl (C=O) groups excluding carboxylic acids is 2. The van der Waals surface area contributed by atoms with E-state index in [9.17, 15) is 14.4 Å². The number of nitrogens with one attached hydrogen (secondary N) is 2. The number of carboxylic acid groups (broad SMARTS) is 1. The molecule has 0 spiro atoms. The molecule has 2 rings (SSSR count). The molecule has 1 aliphatic heterocycles. The number of aliphatic carboxylic acids is 1. The molecule has 0 aliphatic carbocycles. The molecule has 1 saturated heterocycles. The maximum Gasteiger partial charge on any atom is 0.330 e. The van der Waals surface area contributed by atoms with Crippen molar-refractivity contribution in [1.29, 1.82) is 0 Å². The summed E-state index contributed by atoms with van der Waals surface area (Å²) in [5.41, 5.74) is 0.486. The van der Waals surface area contributed by atoms with Gasteiger partial charge in [0.1, 0.15) is 6.04 Å². The number of benzene rings is 1. The second-order valence-corrected chi connectivity index (χ2v) is 4.98. The first-order chi connectivity index (χ1) is 9.08. The molecule has 0 saturated carbocycles.